The molecule has 98 valence electrons. The summed E-state index contributed by atoms with van der Waals surface area (Å²) in [5, 5.41) is 0. The van der Waals surface area contributed by atoms with E-state index in [-0.39, 0.29) is 23.5 Å². The highest BCUT2D eigenvalue weighted by molar-refractivity contribution is 6.34. The summed E-state index contributed by atoms with van der Waals surface area (Å²) in [4.78, 5) is 23.8. The molecule has 0 aliphatic heterocycles. The molecule has 0 amide bonds. The molecule has 1 aromatic carbocycles. The lowest BCUT2D eigenvalue weighted by Crippen LogP contribution is -2.32. The zero-order valence-corrected chi connectivity index (χ0v) is 10.8. The molecule has 0 spiro atoms. The number of hydrogen-bond acceptors (Lipinski definition) is 3. The third kappa shape index (κ3) is 1.89. The van der Waals surface area contributed by atoms with Crippen LogP contribution in [0.4, 0.5) is 0 Å². The molecule has 1 saturated carbocycles. The van der Waals surface area contributed by atoms with E-state index < -0.39 is 5.97 Å². The van der Waals surface area contributed by atoms with Crippen molar-refractivity contribution in [3.8, 4) is 0 Å². The van der Waals surface area contributed by atoms with Gasteiger partial charge in [-0.1, -0.05) is 42.5 Å². The number of fused-ring (bicyclic) bond motifs is 2. The molecule has 2 aliphatic carbocycles. The molecule has 0 radical (unpaired) electrons. The zero-order chi connectivity index (χ0) is 13.4. The Kier molecular flexibility index (Phi) is 2.97. The molecule has 4 atom stereocenters. The van der Waals surface area contributed by atoms with Gasteiger partial charge in [0.05, 0.1) is 7.11 Å². The van der Waals surface area contributed by atoms with Crippen molar-refractivity contribution in [2.45, 2.75) is 12.3 Å². The van der Waals surface area contributed by atoms with Gasteiger partial charge in [0.25, 0.3) is 0 Å². The molecule has 1 fully saturated rings. The monoisotopic (exact) mass is 256 g/mol. The van der Waals surface area contributed by atoms with Crippen LogP contribution in [0.5, 0.6) is 0 Å². The van der Waals surface area contributed by atoms with Crippen LogP contribution in [0.3, 0.4) is 0 Å². The van der Waals surface area contributed by atoms with Gasteiger partial charge in [-0.2, -0.15) is 0 Å². The topological polar surface area (TPSA) is 43.4 Å². The summed E-state index contributed by atoms with van der Waals surface area (Å²) < 4.78 is 4.60. The van der Waals surface area contributed by atoms with Crippen molar-refractivity contribution >= 4 is 11.8 Å². The zero-order valence-electron chi connectivity index (χ0n) is 10.8. The molecule has 3 heteroatoms. The van der Waals surface area contributed by atoms with Crippen LogP contribution < -0.4 is 0 Å². The SMILES string of the molecule is COC(=O)C(=O)[C@@H]1[C@@H](c2ccccc2)[C@@H]2C=C[C@H]1C2. The van der Waals surface area contributed by atoms with Gasteiger partial charge in [-0.05, 0) is 23.8 Å². The van der Waals surface area contributed by atoms with Crippen LogP contribution in [0.1, 0.15) is 17.9 Å². The summed E-state index contributed by atoms with van der Waals surface area (Å²) in [6, 6.07) is 9.99. The second-order valence-electron chi connectivity index (χ2n) is 5.27. The van der Waals surface area contributed by atoms with Crippen LogP contribution in [0, 0.1) is 17.8 Å². The van der Waals surface area contributed by atoms with E-state index in [0.29, 0.717) is 5.92 Å². The number of Topliss-reactive ketones (excluding diaryl/α,β-unsaturated/α-hetero) is 1. The molecule has 0 unspecified atom stereocenters. The first kappa shape index (κ1) is 12.2. The fourth-order valence-corrected chi connectivity index (χ4v) is 3.55. The second-order valence-corrected chi connectivity index (χ2v) is 5.27. The molecule has 3 rings (SSSR count). The highest BCUT2D eigenvalue weighted by Gasteiger charge is 2.50. The largest absolute Gasteiger partial charge is 0.463 e. The van der Waals surface area contributed by atoms with Gasteiger partial charge in [-0.3, -0.25) is 4.79 Å². The molecule has 3 nitrogen and oxygen atoms in total. The summed E-state index contributed by atoms with van der Waals surface area (Å²) in [6.07, 6.45) is 5.23. The Hall–Kier alpha value is -1.90. The summed E-state index contributed by atoms with van der Waals surface area (Å²) in [7, 11) is 1.26. The number of hydrogen-bond donors (Lipinski definition) is 0. The summed E-state index contributed by atoms with van der Waals surface area (Å²) in [5.74, 6) is -0.694. The van der Waals surface area contributed by atoms with Crippen LogP contribution in [0.2, 0.25) is 0 Å². The van der Waals surface area contributed by atoms with Gasteiger partial charge < -0.3 is 4.74 Å². The first-order chi connectivity index (χ1) is 9.22. The van der Waals surface area contributed by atoms with E-state index in [1.165, 1.54) is 7.11 Å². The number of allylic oxidation sites excluding steroid dienone is 2. The first-order valence-corrected chi connectivity index (χ1v) is 6.58. The highest BCUT2D eigenvalue weighted by Crippen LogP contribution is 2.53. The van der Waals surface area contributed by atoms with Crippen molar-refractivity contribution in [1.29, 1.82) is 0 Å². The Bertz CT molecular complexity index is 532. The van der Waals surface area contributed by atoms with E-state index in [1.54, 1.807) is 0 Å². The van der Waals surface area contributed by atoms with Crippen molar-refractivity contribution in [1.82, 2.24) is 0 Å². The van der Waals surface area contributed by atoms with Crippen LogP contribution in [-0.2, 0) is 14.3 Å². The number of carbonyl (C=O) groups is 2. The molecule has 0 aromatic heterocycles. The fraction of sp³-hybridized carbons (Fsp3) is 0.375. The van der Waals surface area contributed by atoms with Gasteiger partial charge >= 0.3 is 5.97 Å². The molecule has 0 saturated heterocycles. The predicted octanol–water partition coefficient (Wildman–Crippen LogP) is 2.33. The maximum Gasteiger partial charge on any atom is 0.374 e. The van der Waals surface area contributed by atoms with Crippen molar-refractivity contribution in [3.63, 3.8) is 0 Å². The van der Waals surface area contributed by atoms with Crippen LogP contribution >= 0.6 is 0 Å². The number of ether oxygens (including phenoxy) is 1. The average molecular weight is 256 g/mol. The Balaban J connectivity index is 1.96. The Morgan fingerprint density at radius 2 is 1.79 bits per heavy atom. The van der Waals surface area contributed by atoms with Crippen LogP contribution in [0.25, 0.3) is 0 Å². The molecule has 2 aliphatic rings. The third-order valence-corrected chi connectivity index (χ3v) is 4.33. The first-order valence-electron chi connectivity index (χ1n) is 6.58. The van der Waals surface area contributed by atoms with Crippen molar-refractivity contribution < 1.29 is 14.3 Å². The fourth-order valence-electron chi connectivity index (χ4n) is 3.55. The lowest BCUT2D eigenvalue weighted by Gasteiger charge is -2.26. The van der Waals surface area contributed by atoms with Crippen molar-refractivity contribution in [3.05, 3.63) is 48.0 Å². The van der Waals surface area contributed by atoms with E-state index in [4.69, 9.17) is 0 Å². The number of methoxy groups -OCH3 is 1. The number of carbonyl (C=O) groups excluding carboxylic acids is 2. The van der Waals surface area contributed by atoms with E-state index in [0.717, 1.165) is 12.0 Å². The van der Waals surface area contributed by atoms with Crippen molar-refractivity contribution in [2.75, 3.05) is 7.11 Å². The van der Waals surface area contributed by atoms with E-state index in [1.807, 2.05) is 30.3 Å². The Morgan fingerprint density at radius 1 is 1.11 bits per heavy atom. The van der Waals surface area contributed by atoms with E-state index in [2.05, 4.69) is 16.9 Å². The summed E-state index contributed by atoms with van der Waals surface area (Å²) in [6.45, 7) is 0. The van der Waals surface area contributed by atoms with Crippen LogP contribution in [0.15, 0.2) is 42.5 Å². The molecular formula is C16H16O3. The molecule has 0 N–H and O–H groups in total. The van der Waals surface area contributed by atoms with Gasteiger partial charge in [0.15, 0.2) is 0 Å². The van der Waals surface area contributed by atoms with Gasteiger partial charge in [0.1, 0.15) is 0 Å². The summed E-state index contributed by atoms with van der Waals surface area (Å²) >= 11 is 0. The average Bonchev–Trinajstić information content (AvgIpc) is 3.07. The minimum absolute atomic E-state index is 0.114. The van der Waals surface area contributed by atoms with E-state index in [9.17, 15) is 9.59 Å². The maximum atomic E-state index is 12.2. The quantitative estimate of drug-likeness (QED) is 0.473. The Morgan fingerprint density at radius 3 is 2.47 bits per heavy atom. The van der Waals surface area contributed by atoms with E-state index >= 15 is 0 Å². The smallest absolute Gasteiger partial charge is 0.374 e. The lowest BCUT2D eigenvalue weighted by molar-refractivity contribution is -0.154. The number of benzene rings is 1. The minimum Gasteiger partial charge on any atom is -0.463 e. The molecule has 1 aromatic rings. The molecular weight excluding hydrogens is 240 g/mol. The van der Waals surface area contributed by atoms with Crippen molar-refractivity contribution in [2.24, 2.45) is 17.8 Å². The van der Waals surface area contributed by atoms with Gasteiger partial charge in [0, 0.05) is 11.8 Å². The summed E-state index contributed by atoms with van der Waals surface area (Å²) in [5.41, 5.74) is 1.14. The normalized spacial score (nSPS) is 31.4. The lowest BCUT2D eigenvalue weighted by atomic mass is 9.76. The standard InChI is InChI=1S/C16H16O3/c1-19-16(18)15(17)14-12-8-7-11(9-12)13(14)10-5-3-2-4-6-10/h2-8,11-14H,9H2,1H3/t11-,12+,13+,14+/m1/s1. The molecule has 19 heavy (non-hydrogen) atoms. The van der Waals surface area contributed by atoms with Gasteiger partial charge in [0.2, 0.25) is 5.78 Å². The molecule has 2 bridgehead atoms. The second kappa shape index (κ2) is 4.65. The Labute approximate surface area is 112 Å². The van der Waals surface area contributed by atoms with Gasteiger partial charge in [-0.15, -0.1) is 0 Å². The third-order valence-electron chi connectivity index (χ3n) is 4.33. The minimum atomic E-state index is -0.716. The highest BCUT2D eigenvalue weighted by atomic mass is 16.5. The number of rotatable bonds is 3. The number of esters is 1. The van der Waals surface area contributed by atoms with Gasteiger partial charge in [-0.25, -0.2) is 4.79 Å². The van der Waals surface area contributed by atoms with Crippen LogP contribution in [-0.4, -0.2) is 18.9 Å². The predicted molar refractivity (Wildman–Crippen MR) is 70.4 cm³/mol. The number of ketones is 1. The maximum absolute atomic E-state index is 12.2. The molecule has 0 heterocycles.